The van der Waals surface area contributed by atoms with Crippen LogP contribution in [0, 0.1) is 0 Å². The van der Waals surface area contributed by atoms with E-state index in [1.807, 2.05) is 6.26 Å². The van der Waals surface area contributed by atoms with Crippen LogP contribution >= 0.6 is 11.8 Å². The summed E-state index contributed by atoms with van der Waals surface area (Å²) >= 11 is 1.48. The van der Waals surface area contributed by atoms with Crippen molar-refractivity contribution in [3.8, 4) is 11.5 Å². The quantitative estimate of drug-likeness (QED) is 0.343. The monoisotopic (exact) mass is 290 g/mol. The van der Waals surface area contributed by atoms with Crippen molar-refractivity contribution in [2.75, 3.05) is 12.0 Å². The number of nitrogens with two attached hydrogens (primary N) is 2. The zero-order chi connectivity index (χ0) is 14.5. The Morgan fingerprint density at radius 2 is 1.95 bits per heavy atom. The van der Waals surface area contributed by atoms with Crippen LogP contribution in [0.5, 0.6) is 11.5 Å². The molecule has 0 spiro atoms. The lowest BCUT2D eigenvalue weighted by Crippen LogP contribution is -2.29. The summed E-state index contributed by atoms with van der Waals surface area (Å²) in [6.45, 7) is 0. The molecule has 1 aromatic heterocycles. The number of benzene rings is 1. The molecule has 20 heavy (non-hydrogen) atoms. The van der Waals surface area contributed by atoms with Crippen molar-refractivity contribution in [3.05, 3.63) is 42.0 Å². The lowest BCUT2D eigenvalue weighted by Gasteiger charge is -2.08. The number of carbonyl (C=O) groups excluding carboxylic acids is 1. The van der Waals surface area contributed by atoms with Crippen molar-refractivity contribution in [1.29, 1.82) is 0 Å². The lowest BCUT2D eigenvalue weighted by atomic mass is 10.2. The minimum atomic E-state index is -0.352. The summed E-state index contributed by atoms with van der Waals surface area (Å²) in [6, 6.07) is 10.0. The maximum atomic E-state index is 11.3. The molecule has 7 heteroatoms. The van der Waals surface area contributed by atoms with E-state index in [0.29, 0.717) is 22.9 Å². The number of hydrogen-bond acceptors (Lipinski definition) is 6. The van der Waals surface area contributed by atoms with Gasteiger partial charge in [0, 0.05) is 17.7 Å². The molecule has 0 radical (unpaired) electrons. The molecule has 5 N–H and O–H groups in total. The van der Waals surface area contributed by atoms with Crippen molar-refractivity contribution in [2.45, 2.75) is 5.03 Å². The number of nitrogens with zero attached hydrogens (tertiary/aromatic N) is 1. The molecule has 0 saturated carbocycles. The number of hydrazine groups is 1. The van der Waals surface area contributed by atoms with E-state index in [1.54, 1.807) is 36.4 Å². The third kappa shape index (κ3) is 3.40. The van der Waals surface area contributed by atoms with E-state index in [-0.39, 0.29) is 5.91 Å². The Morgan fingerprint density at radius 3 is 2.55 bits per heavy atom. The van der Waals surface area contributed by atoms with Crippen molar-refractivity contribution in [3.63, 3.8) is 0 Å². The van der Waals surface area contributed by atoms with Crippen LogP contribution in [0.2, 0.25) is 0 Å². The normalized spacial score (nSPS) is 10.1. The van der Waals surface area contributed by atoms with Gasteiger partial charge >= 0.3 is 0 Å². The predicted molar refractivity (Wildman–Crippen MR) is 78.6 cm³/mol. The van der Waals surface area contributed by atoms with Crippen LogP contribution in [-0.4, -0.2) is 17.1 Å². The SMILES string of the molecule is CSc1cc(Oc2ccc(C(=O)NN)cc2)cc(N)n1. The number of rotatable bonds is 4. The Labute approximate surface area is 120 Å². The van der Waals surface area contributed by atoms with Gasteiger partial charge in [0.15, 0.2) is 0 Å². The molecule has 0 saturated heterocycles. The molecular formula is C13H14N4O2S. The van der Waals surface area contributed by atoms with Gasteiger partial charge < -0.3 is 10.5 Å². The van der Waals surface area contributed by atoms with Crippen LogP contribution < -0.4 is 21.7 Å². The summed E-state index contributed by atoms with van der Waals surface area (Å²) in [6.07, 6.45) is 1.91. The number of anilines is 1. The van der Waals surface area contributed by atoms with Crippen LogP contribution in [-0.2, 0) is 0 Å². The number of pyridine rings is 1. The first-order valence-electron chi connectivity index (χ1n) is 5.73. The second kappa shape index (κ2) is 6.27. The maximum absolute atomic E-state index is 11.3. The number of hydrogen-bond donors (Lipinski definition) is 3. The highest BCUT2D eigenvalue weighted by Gasteiger charge is 2.05. The number of ether oxygens (including phenoxy) is 1. The van der Waals surface area contributed by atoms with Crippen molar-refractivity contribution < 1.29 is 9.53 Å². The van der Waals surface area contributed by atoms with E-state index in [4.69, 9.17) is 16.3 Å². The minimum absolute atomic E-state index is 0.352. The summed E-state index contributed by atoms with van der Waals surface area (Å²) in [5.74, 6) is 6.29. The van der Waals surface area contributed by atoms with Gasteiger partial charge in [-0.05, 0) is 30.5 Å². The van der Waals surface area contributed by atoms with Gasteiger partial charge in [0.1, 0.15) is 22.3 Å². The number of thioether (sulfide) groups is 1. The molecule has 0 aliphatic heterocycles. The topological polar surface area (TPSA) is 103 Å². The zero-order valence-corrected chi connectivity index (χ0v) is 11.6. The third-order valence-corrected chi connectivity index (χ3v) is 3.12. The first-order chi connectivity index (χ1) is 9.62. The van der Waals surface area contributed by atoms with Crippen LogP contribution in [0.15, 0.2) is 41.4 Å². The van der Waals surface area contributed by atoms with Crippen molar-refractivity contribution in [1.82, 2.24) is 10.4 Å². The number of amides is 1. The van der Waals surface area contributed by atoms with Gasteiger partial charge in [0.2, 0.25) is 0 Å². The molecule has 104 valence electrons. The number of carbonyl (C=O) groups is 1. The van der Waals surface area contributed by atoms with E-state index in [2.05, 4.69) is 10.4 Å². The van der Waals surface area contributed by atoms with Crippen LogP contribution in [0.25, 0.3) is 0 Å². The van der Waals surface area contributed by atoms with E-state index in [9.17, 15) is 4.79 Å². The van der Waals surface area contributed by atoms with E-state index < -0.39 is 0 Å². The molecule has 1 heterocycles. The summed E-state index contributed by atoms with van der Waals surface area (Å²) in [5, 5.41) is 0.777. The first-order valence-corrected chi connectivity index (χ1v) is 6.95. The molecule has 1 amide bonds. The minimum Gasteiger partial charge on any atom is -0.457 e. The zero-order valence-electron chi connectivity index (χ0n) is 10.8. The van der Waals surface area contributed by atoms with E-state index in [0.717, 1.165) is 5.03 Å². The number of nitrogens with one attached hydrogen (secondary N) is 1. The average Bonchev–Trinajstić information content (AvgIpc) is 2.46. The second-order valence-electron chi connectivity index (χ2n) is 3.87. The molecule has 0 bridgehead atoms. The Bertz CT molecular complexity index is 616. The molecule has 1 aromatic carbocycles. The third-order valence-electron chi connectivity index (χ3n) is 2.49. The fourth-order valence-corrected chi connectivity index (χ4v) is 1.99. The summed E-state index contributed by atoms with van der Waals surface area (Å²) < 4.78 is 5.67. The standard InChI is InChI=1S/C13H14N4O2S/c1-20-12-7-10(6-11(14)16-12)19-9-4-2-8(3-5-9)13(18)17-15/h2-7H,15H2,1H3,(H2,14,16)(H,17,18). The molecular weight excluding hydrogens is 276 g/mol. The van der Waals surface area contributed by atoms with Gasteiger partial charge in [0.05, 0.1) is 0 Å². The predicted octanol–water partition coefficient (Wildman–Crippen LogP) is 1.78. The van der Waals surface area contributed by atoms with Gasteiger partial charge in [-0.25, -0.2) is 10.8 Å². The lowest BCUT2D eigenvalue weighted by molar-refractivity contribution is 0.0953. The Balaban J connectivity index is 2.17. The van der Waals surface area contributed by atoms with E-state index in [1.165, 1.54) is 11.8 Å². The summed E-state index contributed by atoms with van der Waals surface area (Å²) in [4.78, 5) is 15.4. The molecule has 6 nitrogen and oxygen atoms in total. The van der Waals surface area contributed by atoms with Gasteiger partial charge in [-0.15, -0.1) is 11.8 Å². The maximum Gasteiger partial charge on any atom is 0.265 e. The molecule has 0 unspecified atom stereocenters. The highest BCUT2D eigenvalue weighted by Crippen LogP contribution is 2.26. The smallest absolute Gasteiger partial charge is 0.265 e. The molecule has 0 aliphatic carbocycles. The molecule has 0 fully saturated rings. The molecule has 2 aromatic rings. The van der Waals surface area contributed by atoms with Crippen LogP contribution in [0.1, 0.15) is 10.4 Å². The average molecular weight is 290 g/mol. The largest absolute Gasteiger partial charge is 0.457 e. The Hall–Kier alpha value is -2.25. The van der Waals surface area contributed by atoms with Crippen LogP contribution in [0.3, 0.4) is 0 Å². The van der Waals surface area contributed by atoms with Crippen LogP contribution in [0.4, 0.5) is 5.82 Å². The fraction of sp³-hybridized carbons (Fsp3) is 0.0769. The van der Waals surface area contributed by atoms with Gasteiger partial charge in [0.25, 0.3) is 5.91 Å². The fourth-order valence-electron chi connectivity index (χ4n) is 1.56. The summed E-state index contributed by atoms with van der Waals surface area (Å²) in [7, 11) is 0. The van der Waals surface area contributed by atoms with Crippen molar-refractivity contribution in [2.24, 2.45) is 5.84 Å². The highest BCUT2D eigenvalue weighted by atomic mass is 32.2. The Kier molecular flexibility index (Phi) is 4.44. The van der Waals surface area contributed by atoms with E-state index >= 15 is 0 Å². The van der Waals surface area contributed by atoms with Gasteiger partial charge in [-0.3, -0.25) is 10.2 Å². The molecule has 0 atom stereocenters. The molecule has 2 rings (SSSR count). The summed E-state index contributed by atoms with van der Waals surface area (Å²) in [5.41, 5.74) is 8.22. The number of aromatic nitrogens is 1. The van der Waals surface area contributed by atoms with Gasteiger partial charge in [-0.2, -0.15) is 0 Å². The first kappa shape index (κ1) is 14.2. The highest BCUT2D eigenvalue weighted by molar-refractivity contribution is 7.98. The number of nitrogen functional groups attached to an aromatic ring is 2. The Morgan fingerprint density at radius 1 is 1.25 bits per heavy atom. The van der Waals surface area contributed by atoms with Crippen molar-refractivity contribution >= 4 is 23.5 Å². The van der Waals surface area contributed by atoms with Gasteiger partial charge in [-0.1, -0.05) is 0 Å². The molecule has 0 aliphatic rings. The second-order valence-corrected chi connectivity index (χ2v) is 4.70.